The van der Waals surface area contributed by atoms with Gasteiger partial charge in [0.05, 0.1) is 11.3 Å². The number of halogens is 1. The maximum atomic E-state index is 14.5. The van der Waals surface area contributed by atoms with Gasteiger partial charge in [-0.2, -0.15) is 0 Å². The quantitative estimate of drug-likeness (QED) is 0.672. The lowest BCUT2D eigenvalue weighted by Gasteiger charge is -2.10. The number of rotatable bonds is 3. The highest BCUT2D eigenvalue weighted by atomic mass is 19.1. The van der Waals surface area contributed by atoms with Crippen LogP contribution >= 0.6 is 0 Å². The van der Waals surface area contributed by atoms with Gasteiger partial charge in [-0.05, 0) is 44.4 Å². The lowest BCUT2D eigenvalue weighted by Crippen LogP contribution is -2.14. The molecule has 2 aromatic heterocycles. The number of nitrogens with one attached hydrogen (secondary N) is 1. The number of hydrogen-bond donors (Lipinski definition) is 1. The van der Waals surface area contributed by atoms with Crippen molar-refractivity contribution in [2.24, 2.45) is 0 Å². The van der Waals surface area contributed by atoms with E-state index in [4.69, 9.17) is 4.42 Å². The Kier molecular flexibility index (Phi) is 4.92. The normalized spacial score (nSPS) is 15.9. The number of hydrogen-bond acceptors (Lipinski definition) is 5. The lowest BCUT2D eigenvalue weighted by atomic mass is 9.94. The SMILES string of the molecule is Cc1c(C(=O)Nc2cc(-c3nnc4n3CCCCC4)ccc2F)oc2c1C(=O)CCC2. The van der Waals surface area contributed by atoms with Crippen molar-refractivity contribution < 1.29 is 18.4 Å². The zero-order chi connectivity index (χ0) is 21.5. The van der Waals surface area contributed by atoms with Crippen molar-refractivity contribution in [3.8, 4) is 11.4 Å². The summed E-state index contributed by atoms with van der Waals surface area (Å²) >= 11 is 0. The van der Waals surface area contributed by atoms with E-state index in [2.05, 4.69) is 20.1 Å². The second kappa shape index (κ2) is 7.76. The molecule has 1 aromatic carbocycles. The van der Waals surface area contributed by atoms with Crippen LogP contribution in [0.1, 0.15) is 70.2 Å². The van der Waals surface area contributed by atoms with Gasteiger partial charge in [0.2, 0.25) is 0 Å². The van der Waals surface area contributed by atoms with Crippen molar-refractivity contribution in [1.82, 2.24) is 14.8 Å². The van der Waals surface area contributed by atoms with Gasteiger partial charge in [0.15, 0.2) is 17.4 Å². The van der Waals surface area contributed by atoms with E-state index >= 15 is 0 Å². The average molecular weight is 422 g/mol. The minimum absolute atomic E-state index is 0.0118. The molecule has 31 heavy (non-hydrogen) atoms. The highest BCUT2D eigenvalue weighted by Gasteiger charge is 2.29. The monoisotopic (exact) mass is 422 g/mol. The predicted molar refractivity (Wildman–Crippen MR) is 112 cm³/mol. The molecule has 0 atom stereocenters. The summed E-state index contributed by atoms with van der Waals surface area (Å²) in [7, 11) is 0. The molecule has 1 N–H and O–H groups in total. The van der Waals surface area contributed by atoms with Gasteiger partial charge in [-0.25, -0.2) is 4.39 Å². The number of carbonyl (C=O) groups is 2. The summed E-state index contributed by atoms with van der Waals surface area (Å²) in [6.45, 7) is 2.51. The number of anilines is 1. The first-order valence-electron chi connectivity index (χ1n) is 10.7. The summed E-state index contributed by atoms with van der Waals surface area (Å²) in [5.74, 6) is 1.06. The van der Waals surface area contributed by atoms with Crippen molar-refractivity contribution in [2.75, 3.05) is 5.32 Å². The minimum Gasteiger partial charge on any atom is -0.455 e. The Labute approximate surface area is 178 Å². The summed E-state index contributed by atoms with van der Waals surface area (Å²) in [5, 5.41) is 11.2. The molecule has 0 bridgehead atoms. The lowest BCUT2D eigenvalue weighted by molar-refractivity contribution is 0.0963. The third kappa shape index (κ3) is 3.45. The number of fused-ring (bicyclic) bond motifs is 2. The molecule has 0 fully saturated rings. The molecule has 8 heteroatoms. The van der Waals surface area contributed by atoms with E-state index in [1.165, 1.54) is 6.07 Å². The van der Waals surface area contributed by atoms with Gasteiger partial charge in [-0.15, -0.1) is 10.2 Å². The van der Waals surface area contributed by atoms with Crippen LogP contribution in [0.15, 0.2) is 22.6 Å². The zero-order valence-electron chi connectivity index (χ0n) is 17.3. The first kappa shape index (κ1) is 19.7. The molecule has 0 saturated heterocycles. The summed E-state index contributed by atoms with van der Waals surface area (Å²) in [4.78, 5) is 25.1. The van der Waals surface area contributed by atoms with Crippen molar-refractivity contribution in [3.05, 3.63) is 52.5 Å². The third-order valence-electron chi connectivity index (χ3n) is 6.09. The number of furan rings is 1. The van der Waals surface area contributed by atoms with Gasteiger partial charge < -0.3 is 14.3 Å². The van der Waals surface area contributed by atoms with Crippen LogP contribution in [0.25, 0.3) is 11.4 Å². The van der Waals surface area contributed by atoms with Gasteiger partial charge in [-0.3, -0.25) is 9.59 Å². The molecule has 1 amide bonds. The number of aryl methyl sites for hydroxylation is 2. The van der Waals surface area contributed by atoms with E-state index in [1.807, 2.05) is 0 Å². The predicted octanol–water partition coefficient (Wildman–Crippen LogP) is 4.48. The van der Waals surface area contributed by atoms with E-state index in [0.717, 1.165) is 38.1 Å². The fourth-order valence-electron chi connectivity index (χ4n) is 4.50. The summed E-state index contributed by atoms with van der Waals surface area (Å²) < 4.78 is 22.3. The van der Waals surface area contributed by atoms with E-state index in [0.29, 0.717) is 47.5 Å². The van der Waals surface area contributed by atoms with Crippen LogP contribution < -0.4 is 5.32 Å². The largest absolute Gasteiger partial charge is 0.455 e. The number of benzene rings is 1. The van der Waals surface area contributed by atoms with Crippen LogP contribution in [0.4, 0.5) is 10.1 Å². The number of aromatic nitrogens is 3. The molecule has 2 aliphatic rings. The number of ketones is 1. The first-order chi connectivity index (χ1) is 15.0. The van der Waals surface area contributed by atoms with E-state index in [9.17, 15) is 14.0 Å². The van der Waals surface area contributed by atoms with Crippen molar-refractivity contribution in [3.63, 3.8) is 0 Å². The van der Waals surface area contributed by atoms with Crippen molar-refractivity contribution in [2.45, 2.75) is 58.4 Å². The van der Waals surface area contributed by atoms with Gasteiger partial charge in [0.25, 0.3) is 5.91 Å². The molecular formula is C23H23FN4O3. The second-order valence-corrected chi connectivity index (χ2v) is 8.18. The van der Waals surface area contributed by atoms with Crippen LogP contribution in [-0.4, -0.2) is 26.5 Å². The van der Waals surface area contributed by atoms with Gasteiger partial charge in [0, 0.05) is 36.9 Å². The van der Waals surface area contributed by atoms with Gasteiger partial charge >= 0.3 is 0 Å². The first-order valence-corrected chi connectivity index (χ1v) is 10.7. The molecule has 160 valence electrons. The number of amides is 1. The van der Waals surface area contributed by atoms with Crippen LogP contribution in [0, 0.1) is 12.7 Å². The molecule has 7 nitrogen and oxygen atoms in total. The Balaban J connectivity index is 1.45. The van der Waals surface area contributed by atoms with E-state index < -0.39 is 11.7 Å². The summed E-state index contributed by atoms with van der Waals surface area (Å²) in [6, 6.07) is 4.52. The number of nitrogens with zero attached hydrogens (tertiary/aromatic N) is 3. The Bertz CT molecular complexity index is 1190. The molecule has 1 aliphatic carbocycles. The summed E-state index contributed by atoms with van der Waals surface area (Å²) in [6.07, 6.45) is 5.92. The minimum atomic E-state index is -0.573. The number of carbonyl (C=O) groups excluding carboxylic acids is 2. The fourth-order valence-corrected chi connectivity index (χ4v) is 4.50. The molecule has 3 heterocycles. The van der Waals surface area contributed by atoms with E-state index in [1.54, 1.807) is 19.1 Å². The highest BCUT2D eigenvalue weighted by molar-refractivity contribution is 6.07. The van der Waals surface area contributed by atoms with Crippen molar-refractivity contribution in [1.29, 1.82) is 0 Å². The second-order valence-electron chi connectivity index (χ2n) is 8.18. The molecule has 0 radical (unpaired) electrons. The zero-order valence-corrected chi connectivity index (χ0v) is 17.3. The van der Waals surface area contributed by atoms with Crippen LogP contribution in [0.3, 0.4) is 0 Å². The Morgan fingerprint density at radius 2 is 2.00 bits per heavy atom. The molecule has 0 spiro atoms. The van der Waals surface area contributed by atoms with Gasteiger partial charge in [-0.1, -0.05) is 6.42 Å². The standard InChI is InChI=1S/C23H23FN4O3/c1-13-20-17(29)6-5-7-18(20)31-21(13)23(30)25-16-12-14(9-10-15(16)24)22-27-26-19-8-3-2-4-11-28(19)22/h9-10,12H,2-8,11H2,1H3,(H,25,30). The number of Topliss-reactive ketones (excluding diaryl/α,β-unsaturated/α-hetero) is 1. The molecule has 0 unspecified atom stereocenters. The molecule has 1 aliphatic heterocycles. The van der Waals surface area contributed by atoms with E-state index in [-0.39, 0.29) is 17.2 Å². The average Bonchev–Trinajstić information content (AvgIpc) is 3.22. The maximum Gasteiger partial charge on any atom is 0.291 e. The molecule has 0 saturated carbocycles. The topological polar surface area (TPSA) is 90.0 Å². The van der Waals surface area contributed by atoms with Crippen molar-refractivity contribution >= 4 is 17.4 Å². The fraction of sp³-hybridized carbons (Fsp3) is 0.391. The molecule has 3 aromatic rings. The Morgan fingerprint density at radius 1 is 1.13 bits per heavy atom. The third-order valence-corrected chi connectivity index (χ3v) is 6.09. The molecular weight excluding hydrogens is 399 g/mol. The van der Waals surface area contributed by atoms with Gasteiger partial charge in [0.1, 0.15) is 17.4 Å². The smallest absolute Gasteiger partial charge is 0.291 e. The Hall–Kier alpha value is -3.29. The maximum absolute atomic E-state index is 14.5. The highest BCUT2D eigenvalue weighted by Crippen LogP contribution is 2.31. The van der Waals surface area contributed by atoms with Crippen LogP contribution in [0.2, 0.25) is 0 Å². The summed E-state index contributed by atoms with van der Waals surface area (Å²) in [5.41, 5.74) is 1.73. The Morgan fingerprint density at radius 3 is 2.84 bits per heavy atom. The van der Waals surface area contributed by atoms with Crippen LogP contribution in [0.5, 0.6) is 0 Å². The molecule has 5 rings (SSSR count). The van der Waals surface area contributed by atoms with Crippen LogP contribution in [-0.2, 0) is 19.4 Å².